The van der Waals surface area contributed by atoms with Gasteiger partial charge in [0.2, 0.25) is 0 Å². The first-order valence-corrected chi connectivity index (χ1v) is 4.87. The lowest BCUT2D eigenvalue weighted by molar-refractivity contribution is 0.417. The van der Waals surface area contributed by atoms with Crippen molar-refractivity contribution in [3.8, 4) is 6.07 Å². The summed E-state index contributed by atoms with van der Waals surface area (Å²) in [6.45, 7) is 7.27. The Balaban J connectivity index is 2.92. The van der Waals surface area contributed by atoms with Crippen molar-refractivity contribution in [1.82, 2.24) is 10.2 Å². The van der Waals surface area contributed by atoms with Crippen LogP contribution in [0.5, 0.6) is 0 Å². The van der Waals surface area contributed by atoms with Crippen LogP contribution in [-0.4, -0.2) is 23.8 Å². The summed E-state index contributed by atoms with van der Waals surface area (Å²) in [5.74, 6) is 0.648. The van der Waals surface area contributed by atoms with Gasteiger partial charge in [0.25, 0.3) is 0 Å². The molecule has 0 aliphatic carbocycles. The molecule has 0 atom stereocenters. The Morgan fingerprint density at radius 2 is 2.13 bits per heavy atom. The normalized spacial score (nSPS) is 10.9. The highest BCUT2D eigenvalue weighted by Crippen LogP contribution is 2.20. The zero-order valence-electron chi connectivity index (χ0n) is 9.65. The van der Waals surface area contributed by atoms with E-state index in [4.69, 9.17) is 5.26 Å². The van der Waals surface area contributed by atoms with Gasteiger partial charge in [-0.15, -0.1) is 5.10 Å². The van der Waals surface area contributed by atoms with Gasteiger partial charge in [0.05, 0.1) is 11.8 Å². The lowest BCUT2D eigenvalue weighted by Gasteiger charge is -2.27. The van der Waals surface area contributed by atoms with Crippen molar-refractivity contribution in [2.24, 2.45) is 5.41 Å². The standard InChI is InChI=1S/C11H16N4/c1-11(2,3)8-15(4)10-9(7-12)5-6-13-14-10/h5-6H,8H2,1-4H3. The van der Waals surface area contributed by atoms with Crippen LogP contribution in [0, 0.1) is 16.7 Å². The SMILES string of the molecule is CN(CC(C)(C)C)c1nnccc1C#N. The molecule has 0 amide bonds. The first-order chi connectivity index (χ1) is 6.94. The second-order valence-electron chi connectivity index (χ2n) is 4.80. The molecule has 1 aromatic rings. The maximum Gasteiger partial charge on any atom is 0.168 e. The lowest BCUT2D eigenvalue weighted by atomic mass is 9.96. The maximum atomic E-state index is 8.92. The average Bonchev–Trinajstić information content (AvgIpc) is 2.15. The van der Waals surface area contributed by atoms with Crippen LogP contribution >= 0.6 is 0 Å². The van der Waals surface area contributed by atoms with Crippen LogP contribution < -0.4 is 4.90 Å². The van der Waals surface area contributed by atoms with E-state index in [0.717, 1.165) is 6.54 Å². The number of rotatable bonds is 2. The number of nitriles is 1. The minimum atomic E-state index is 0.166. The van der Waals surface area contributed by atoms with Gasteiger partial charge in [-0.3, -0.25) is 0 Å². The topological polar surface area (TPSA) is 52.8 Å². The molecule has 0 aromatic carbocycles. The quantitative estimate of drug-likeness (QED) is 0.737. The molecule has 0 saturated heterocycles. The van der Waals surface area contributed by atoms with E-state index in [2.05, 4.69) is 37.0 Å². The van der Waals surface area contributed by atoms with Crippen LogP contribution in [0.1, 0.15) is 26.3 Å². The van der Waals surface area contributed by atoms with Gasteiger partial charge in [0.15, 0.2) is 5.82 Å². The molecule has 0 aliphatic rings. The summed E-state index contributed by atoms with van der Waals surface area (Å²) >= 11 is 0. The molecule has 0 bridgehead atoms. The van der Waals surface area contributed by atoms with Gasteiger partial charge in [-0.1, -0.05) is 20.8 Å². The van der Waals surface area contributed by atoms with Crippen molar-refractivity contribution in [1.29, 1.82) is 5.26 Å². The molecule has 0 unspecified atom stereocenters. The van der Waals surface area contributed by atoms with Gasteiger partial charge >= 0.3 is 0 Å². The summed E-state index contributed by atoms with van der Waals surface area (Å²) in [6.07, 6.45) is 1.53. The molecule has 0 spiro atoms. The zero-order valence-corrected chi connectivity index (χ0v) is 9.65. The number of hydrogen-bond acceptors (Lipinski definition) is 4. The monoisotopic (exact) mass is 204 g/mol. The summed E-state index contributed by atoms with van der Waals surface area (Å²) in [5, 5.41) is 16.7. The third kappa shape index (κ3) is 3.21. The molecule has 80 valence electrons. The summed E-state index contributed by atoms with van der Waals surface area (Å²) < 4.78 is 0. The van der Waals surface area contributed by atoms with E-state index >= 15 is 0 Å². The van der Waals surface area contributed by atoms with Crippen molar-refractivity contribution in [2.75, 3.05) is 18.5 Å². The van der Waals surface area contributed by atoms with E-state index in [1.165, 1.54) is 6.20 Å². The smallest absolute Gasteiger partial charge is 0.168 e. The molecule has 4 nitrogen and oxygen atoms in total. The highest BCUT2D eigenvalue weighted by molar-refractivity contribution is 5.51. The third-order valence-electron chi connectivity index (χ3n) is 1.89. The number of aromatic nitrogens is 2. The van der Waals surface area contributed by atoms with Crippen LogP contribution in [0.4, 0.5) is 5.82 Å². The Morgan fingerprint density at radius 1 is 1.47 bits per heavy atom. The highest BCUT2D eigenvalue weighted by atomic mass is 15.2. The van der Waals surface area contributed by atoms with Crippen LogP contribution in [-0.2, 0) is 0 Å². The highest BCUT2D eigenvalue weighted by Gasteiger charge is 2.17. The summed E-state index contributed by atoms with van der Waals surface area (Å²) in [4.78, 5) is 1.96. The Hall–Kier alpha value is -1.63. The fourth-order valence-corrected chi connectivity index (χ4v) is 1.48. The first kappa shape index (κ1) is 11.4. The number of anilines is 1. The van der Waals surface area contributed by atoms with Crippen molar-refractivity contribution >= 4 is 5.82 Å². The van der Waals surface area contributed by atoms with Gasteiger partial charge in [-0.2, -0.15) is 10.4 Å². The van der Waals surface area contributed by atoms with Crippen molar-refractivity contribution < 1.29 is 0 Å². The fourth-order valence-electron chi connectivity index (χ4n) is 1.48. The van der Waals surface area contributed by atoms with E-state index in [0.29, 0.717) is 11.4 Å². The molecule has 15 heavy (non-hydrogen) atoms. The lowest BCUT2D eigenvalue weighted by Crippen LogP contribution is -2.30. The molecule has 0 saturated carbocycles. The Morgan fingerprint density at radius 3 is 2.67 bits per heavy atom. The van der Waals surface area contributed by atoms with Crippen molar-refractivity contribution in [3.63, 3.8) is 0 Å². The summed E-state index contributed by atoms with van der Waals surface area (Å²) in [7, 11) is 1.93. The molecule has 1 heterocycles. The molecule has 0 aliphatic heterocycles. The second kappa shape index (κ2) is 4.26. The third-order valence-corrected chi connectivity index (χ3v) is 1.89. The molecule has 0 fully saturated rings. The van der Waals surface area contributed by atoms with Gasteiger partial charge in [-0.25, -0.2) is 0 Å². The van der Waals surface area contributed by atoms with Gasteiger partial charge in [0, 0.05) is 13.6 Å². The molecular formula is C11H16N4. The van der Waals surface area contributed by atoms with Crippen LogP contribution in [0.2, 0.25) is 0 Å². The molecular weight excluding hydrogens is 188 g/mol. The van der Waals surface area contributed by atoms with Crippen LogP contribution in [0.25, 0.3) is 0 Å². The van der Waals surface area contributed by atoms with Gasteiger partial charge in [-0.05, 0) is 11.5 Å². The molecule has 0 N–H and O–H groups in total. The Kier molecular flexibility index (Phi) is 3.25. The van der Waals surface area contributed by atoms with Crippen molar-refractivity contribution in [2.45, 2.75) is 20.8 Å². The molecule has 0 radical (unpaired) electrons. The predicted molar refractivity (Wildman–Crippen MR) is 59.5 cm³/mol. The largest absolute Gasteiger partial charge is 0.357 e. The number of hydrogen-bond donors (Lipinski definition) is 0. The summed E-state index contributed by atoms with van der Waals surface area (Å²) in [6, 6.07) is 3.80. The van der Waals surface area contributed by atoms with E-state index in [9.17, 15) is 0 Å². The second-order valence-corrected chi connectivity index (χ2v) is 4.80. The van der Waals surface area contributed by atoms with E-state index in [1.54, 1.807) is 6.07 Å². The minimum Gasteiger partial charge on any atom is -0.357 e. The van der Waals surface area contributed by atoms with E-state index in [1.807, 2.05) is 11.9 Å². The fraction of sp³-hybridized carbons (Fsp3) is 0.545. The van der Waals surface area contributed by atoms with E-state index < -0.39 is 0 Å². The number of nitrogens with zero attached hydrogens (tertiary/aromatic N) is 4. The average molecular weight is 204 g/mol. The first-order valence-electron chi connectivity index (χ1n) is 4.87. The van der Waals surface area contributed by atoms with E-state index in [-0.39, 0.29) is 5.41 Å². The molecule has 1 aromatic heterocycles. The van der Waals surface area contributed by atoms with Gasteiger partial charge in [0.1, 0.15) is 6.07 Å². The summed E-state index contributed by atoms with van der Waals surface area (Å²) in [5.41, 5.74) is 0.732. The maximum absolute atomic E-state index is 8.92. The predicted octanol–water partition coefficient (Wildman–Crippen LogP) is 1.83. The Labute approximate surface area is 90.5 Å². The molecule has 1 rings (SSSR count). The van der Waals surface area contributed by atoms with Crippen LogP contribution in [0.15, 0.2) is 12.3 Å². The molecule has 4 heteroatoms. The van der Waals surface area contributed by atoms with Gasteiger partial charge < -0.3 is 4.90 Å². The minimum absolute atomic E-state index is 0.166. The van der Waals surface area contributed by atoms with Crippen molar-refractivity contribution in [3.05, 3.63) is 17.8 Å². The Bertz CT molecular complexity index is 373. The van der Waals surface area contributed by atoms with Crippen LogP contribution in [0.3, 0.4) is 0 Å². The zero-order chi connectivity index (χ0) is 11.5.